The second-order valence-electron chi connectivity index (χ2n) is 5.67. The Labute approximate surface area is 129 Å². The molecule has 1 aliphatic rings. The number of carbonyl (C=O) groups excluding carboxylic acids is 1. The van der Waals surface area contributed by atoms with Crippen molar-refractivity contribution in [3.63, 3.8) is 0 Å². The summed E-state index contributed by atoms with van der Waals surface area (Å²) < 4.78 is 12.9. The zero-order valence-electron chi connectivity index (χ0n) is 12.3. The van der Waals surface area contributed by atoms with Gasteiger partial charge in [-0.2, -0.15) is 0 Å². The van der Waals surface area contributed by atoms with Gasteiger partial charge in [-0.05, 0) is 23.3 Å². The summed E-state index contributed by atoms with van der Waals surface area (Å²) in [6.07, 6.45) is 0.522. The highest BCUT2D eigenvalue weighted by molar-refractivity contribution is 5.79. The van der Waals surface area contributed by atoms with Crippen molar-refractivity contribution in [2.45, 2.75) is 25.6 Å². The third-order valence-electron chi connectivity index (χ3n) is 3.94. The zero-order chi connectivity index (χ0) is 15.4. The van der Waals surface area contributed by atoms with Crippen LogP contribution in [0.1, 0.15) is 17.5 Å². The molecule has 1 amide bonds. The first-order valence-electron chi connectivity index (χ1n) is 7.50. The molecule has 1 N–H and O–H groups in total. The van der Waals surface area contributed by atoms with Gasteiger partial charge in [0.2, 0.25) is 5.91 Å². The van der Waals surface area contributed by atoms with Crippen molar-refractivity contribution in [1.82, 2.24) is 10.2 Å². The smallest absolute Gasteiger partial charge is 0.224 e. The molecule has 1 unspecified atom stereocenters. The first-order chi connectivity index (χ1) is 10.7. The molecule has 0 bridgehead atoms. The van der Waals surface area contributed by atoms with Crippen LogP contribution in [0.15, 0.2) is 54.6 Å². The van der Waals surface area contributed by atoms with Crippen molar-refractivity contribution in [3.8, 4) is 0 Å². The number of carbonyl (C=O) groups is 1. The molecule has 1 fully saturated rings. The second-order valence-corrected chi connectivity index (χ2v) is 5.67. The average Bonchev–Trinajstić information content (AvgIpc) is 2.89. The summed E-state index contributed by atoms with van der Waals surface area (Å²) in [4.78, 5) is 13.9. The number of nitrogens with zero attached hydrogens (tertiary/aromatic N) is 1. The summed E-state index contributed by atoms with van der Waals surface area (Å²) in [5.41, 5.74) is 2.17. The van der Waals surface area contributed by atoms with Gasteiger partial charge in [-0.1, -0.05) is 42.5 Å². The van der Waals surface area contributed by atoms with Gasteiger partial charge in [0.15, 0.2) is 0 Å². The van der Waals surface area contributed by atoms with Crippen LogP contribution in [0.3, 0.4) is 0 Å². The van der Waals surface area contributed by atoms with Gasteiger partial charge >= 0.3 is 0 Å². The van der Waals surface area contributed by atoms with E-state index in [1.165, 1.54) is 17.7 Å². The molecule has 114 valence electrons. The molecule has 1 aliphatic heterocycles. The Hall–Kier alpha value is -2.20. The Balaban J connectivity index is 1.53. The largest absolute Gasteiger partial charge is 0.337 e. The Morgan fingerprint density at radius 3 is 2.50 bits per heavy atom. The number of hydrogen-bond acceptors (Lipinski definition) is 2. The summed E-state index contributed by atoms with van der Waals surface area (Å²) in [5, 5.41) is 3.43. The molecule has 22 heavy (non-hydrogen) atoms. The summed E-state index contributed by atoms with van der Waals surface area (Å²) in [7, 11) is 0. The van der Waals surface area contributed by atoms with E-state index in [2.05, 4.69) is 17.4 Å². The lowest BCUT2D eigenvalue weighted by atomic mass is 10.2. The number of amides is 1. The zero-order valence-corrected chi connectivity index (χ0v) is 12.3. The quantitative estimate of drug-likeness (QED) is 0.920. The fraction of sp³-hybridized carbons (Fsp3) is 0.278. The molecule has 0 aromatic heterocycles. The molecule has 1 atom stereocenters. The topological polar surface area (TPSA) is 32.3 Å². The van der Waals surface area contributed by atoms with E-state index in [1.807, 2.05) is 23.1 Å². The summed E-state index contributed by atoms with van der Waals surface area (Å²) in [5.74, 6) is -0.103. The Morgan fingerprint density at radius 1 is 1.05 bits per heavy atom. The fourth-order valence-corrected chi connectivity index (χ4v) is 2.73. The van der Waals surface area contributed by atoms with E-state index in [-0.39, 0.29) is 17.8 Å². The van der Waals surface area contributed by atoms with Crippen LogP contribution in [-0.4, -0.2) is 23.4 Å². The number of nitrogens with one attached hydrogen (secondary N) is 1. The minimum atomic E-state index is -0.251. The van der Waals surface area contributed by atoms with Gasteiger partial charge in [-0.15, -0.1) is 0 Å². The first-order valence-corrected chi connectivity index (χ1v) is 7.50. The first kappa shape index (κ1) is 14.7. The second kappa shape index (κ2) is 6.71. The highest BCUT2D eigenvalue weighted by atomic mass is 19.1. The number of benzene rings is 2. The minimum Gasteiger partial charge on any atom is -0.337 e. The molecule has 3 rings (SSSR count). The minimum absolute atomic E-state index is 0.148. The number of halogens is 1. The van der Waals surface area contributed by atoms with Gasteiger partial charge in [0.05, 0.1) is 0 Å². The molecule has 0 aliphatic carbocycles. The van der Waals surface area contributed by atoms with Crippen molar-refractivity contribution in [1.29, 1.82) is 0 Å². The van der Waals surface area contributed by atoms with Crippen molar-refractivity contribution in [3.05, 3.63) is 71.5 Å². The van der Waals surface area contributed by atoms with Crippen LogP contribution in [0.5, 0.6) is 0 Å². The molecule has 4 heteroatoms. The molecule has 2 aromatic carbocycles. The van der Waals surface area contributed by atoms with Gasteiger partial charge in [0, 0.05) is 32.1 Å². The van der Waals surface area contributed by atoms with Crippen LogP contribution in [0.4, 0.5) is 4.39 Å². The molecule has 0 saturated carbocycles. The lowest BCUT2D eigenvalue weighted by molar-refractivity contribution is -0.128. The summed E-state index contributed by atoms with van der Waals surface area (Å²) in [6, 6.07) is 16.7. The van der Waals surface area contributed by atoms with E-state index >= 15 is 0 Å². The molecule has 0 radical (unpaired) electrons. The molecular formula is C18H19FN2O. The van der Waals surface area contributed by atoms with Crippen molar-refractivity contribution in [2.24, 2.45) is 0 Å². The van der Waals surface area contributed by atoms with Crippen molar-refractivity contribution in [2.75, 3.05) is 6.54 Å². The summed E-state index contributed by atoms with van der Waals surface area (Å²) in [6.45, 7) is 2.01. The highest BCUT2D eigenvalue weighted by Gasteiger charge is 2.28. The normalized spacial score (nSPS) is 18.0. The molecule has 0 spiro atoms. The maximum absolute atomic E-state index is 12.9. The fourth-order valence-electron chi connectivity index (χ4n) is 2.73. The molecule has 1 heterocycles. The Kier molecular flexibility index (Phi) is 4.49. The van der Waals surface area contributed by atoms with Crippen LogP contribution in [0, 0.1) is 5.82 Å². The Morgan fingerprint density at radius 2 is 1.77 bits per heavy atom. The van der Waals surface area contributed by atoms with Crippen LogP contribution < -0.4 is 5.32 Å². The van der Waals surface area contributed by atoms with E-state index in [9.17, 15) is 9.18 Å². The predicted molar refractivity (Wildman–Crippen MR) is 83.5 cm³/mol. The standard InChI is InChI=1S/C18H19FN2O/c19-16-8-6-15(7-9-16)12-21-13-17(10-18(21)22)20-11-14-4-2-1-3-5-14/h1-9,17,20H,10-13H2. The highest BCUT2D eigenvalue weighted by Crippen LogP contribution is 2.16. The number of rotatable bonds is 5. The Bertz CT molecular complexity index is 627. The third kappa shape index (κ3) is 3.71. The van der Waals surface area contributed by atoms with Gasteiger partial charge in [0.25, 0.3) is 0 Å². The SMILES string of the molecule is O=C1CC(NCc2ccccc2)CN1Cc1ccc(F)cc1. The average molecular weight is 298 g/mol. The number of hydrogen-bond donors (Lipinski definition) is 1. The number of likely N-dealkylation sites (tertiary alicyclic amines) is 1. The predicted octanol–water partition coefficient (Wildman–Crippen LogP) is 2.72. The molecule has 2 aromatic rings. The van der Waals surface area contributed by atoms with Crippen LogP contribution in [0.25, 0.3) is 0 Å². The lowest BCUT2D eigenvalue weighted by Gasteiger charge is -2.17. The lowest BCUT2D eigenvalue weighted by Crippen LogP contribution is -2.32. The van der Waals surface area contributed by atoms with Crippen LogP contribution >= 0.6 is 0 Å². The van der Waals surface area contributed by atoms with Gasteiger partial charge in [-0.3, -0.25) is 4.79 Å². The van der Waals surface area contributed by atoms with Crippen molar-refractivity contribution >= 4 is 5.91 Å². The van der Waals surface area contributed by atoms with E-state index in [1.54, 1.807) is 12.1 Å². The molecule has 1 saturated heterocycles. The maximum atomic E-state index is 12.9. The molecule has 3 nitrogen and oxygen atoms in total. The van der Waals surface area contributed by atoms with E-state index < -0.39 is 0 Å². The van der Waals surface area contributed by atoms with Gasteiger partial charge in [0.1, 0.15) is 5.82 Å². The third-order valence-corrected chi connectivity index (χ3v) is 3.94. The molecular weight excluding hydrogens is 279 g/mol. The van der Waals surface area contributed by atoms with Crippen LogP contribution in [-0.2, 0) is 17.9 Å². The monoisotopic (exact) mass is 298 g/mol. The van der Waals surface area contributed by atoms with Gasteiger partial charge < -0.3 is 10.2 Å². The van der Waals surface area contributed by atoms with Crippen LogP contribution in [0.2, 0.25) is 0 Å². The van der Waals surface area contributed by atoms with E-state index in [0.29, 0.717) is 19.5 Å². The van der Waals surface area contributed by atoms with Crippen molar-refractivity contribution < 1.29 is 9.18 Å². The van der Waals surface area contributed by atoms with Gasteiger partial charge in [-0.25, -0.2) is 4.39 Å². The van der Waals surface area contributed by atoms with E-state index in [0.717, 1.165) is 12.1 Å². The van der Waals surface area contributed by atoms with E-state index in [4.69, 9.17) is 0 Å². The summed E-state index contributed by atoms with van der Waals surface area (Å²) >= 11 is 0. The maximum Gasteiger partial charge on any atom is 0.224 e.